The van der Waals surface area contributed by atoms with Crippen LogP contribution in [0, 0.1) is 0 Å². The van der Waals surface area contributed by atoms with Crippen molar-refractivity contribution in [2.45, 2.75) is 38.8 Å². The van der Waals surface area contributed by atoms with E-state index in [9.17, 15) is 9.90 Å². The summed E-state index contributed by atoms with van der Waals surface area (Å²) in [4.78, 5) is 14.5. The van der Waals surface area contributed by atoms with Crippen LogP contribution >= 0.6 is 0 Å². The Balaban J connectivity index is 1.79. The van der Waals surface area contributed by atoms with Crippen LogP contribution in [0.15, 0.2) is 30.5 Å². The first-order chi connectivity index (χ1) is 11.9. The molecule has 1 N–H and O–H groups in total. The van der Waals surface area contributed by atoms with E-state index in [-0.39, 0.29) is 18.5 Å². The molecular weight excluding hydrogens is 320 g/mol. The van der Waals surface area contributed by atoms with Crippen molar-refractivity contribution in [3.05, 3.63) is 41.7 Å². The van der Waals surface area contributed by atoms with Gasteiger partial charge in [-0.3, -0.25) is 4.79 Å². The first-order valence-corrected chi connectivity index (χ1v) is 8.60. The highest BCUT2D eigenvalue weighted by Crippen LogP contribution is 2.32. The van der Waals surface area contributed by atoms with Gasteiger partial charge in [-0.2, -0.15) is 0 Å². The molecule has 1 fully saturated rings. The fraction of sp³-hybridized carbons (Fsp3) is 0.500. The maximum atomic E-state index is 12.9. The monoisotopic (exact) mass is 344 g/mol. The molecule has 0 aliphatic carbocycles. The Kier molecular flexibility index (Phi) is 4.76. The number of nitrogens with zero attached hydrogens (tertiary/aromatic N) is 4. The van der Waals surface area contributed by atoms with Crippen molar-refractivity contribution in [3.63, 3.8) is 0 Å². The lowest BCUT2D eigenvalue weighted by Crippen LogP contribution is -2.34. The van der Waals surface area contributed by atoms with Crippen LogP contribution in [0.1, 0.15) is 49.3 Å². The highest BCUT2D eigenvalue weighted by molar-refractivity contribution is 5.97. The molecule has 1 aliphatic heterocycles. The number of rotatable bonds is 5. The van der Waals surface area contributed by atoms with Gasteiger partial charge in [-0.15, -0.1) is 5.10 Å². The van der Waals surface area contributed by atoms with Crippen molar-refractivity contribution in [1.82, 2.24) is 19.9 Å². The van der Waals surface area contributed by atoms with E-state index in [0.29, 0.717) is 36.6 Å². The van der Waals surface area contributed by atoms with Crippen LogP contribution in [-0.4, -0.2) is 50.6 Å². The quantitative estimate of drug-likeness (QED) is 0.897. The Morgan fingerprint density at radius 1 is 1.40 bits per heavy atom. The van der Waals surface area contributed by atoms with Gasteiger partial charge in [0.05, 0.1) is 24.9 Å². The molecule has 1 atom stereocenters. The molecule has 1 aliphatic rings. The Morgan fingerprint density at radius 2 is 2.16 bits per heavy atom. The second-order valence-electron chi connectivity index (χ2n) is 6.62. The van der Waals surface area contributed by atoms with Gasteiger partial charge in [0.15, 0.2) is 0 Å². The summed E-state index contributed by atoms with van der Waals surface area (Å²) < 4.78 is 7.26. The predicted octanol–water partition coefficient (Wildman–Crippen LogP) is 1.99. The van der Waals surface area contributed by atoms with Crippen LogP contribution in [0.4, 0.5) is 0 Å². The van der Waals surface area contributed by atoms with Gasteiger partial charge < -0.3 is 14.7 Å². The van der Waals surface area contributed by atoms with Gasteiger partial charge >= 0.3 is 0 Å². The Bertz CT molecular complexity index is 758. The molecule has 2 aromatic rings. The number of likely N-dealkylation sites (tertiary alicyclic amines) is 1. The molecular formula is C18H24N4O3. The Hall–Kier alpha value is -2.41. The molecule has 0 radical (unpaired) electrons. The molecule has 7 heteroatoms. The van der Waals surface area contributed by atoms with Crippen molar-refractivity contribution in [3.8, 4) is 5.75 Å². The molecule has 2 heterocycles. The zero-order valence-corrected chi connectivity index (χ0v) is 14.8. The number of ether oxygens (including phenoxy) is 1. The van der Waals surface area contributed by atoms with Crippen LogP contribution < -0.4 is 4.74 Å². The number of aromatic nitrogens is 3. The largest absolute Gasteiger partial charge is 0.493 e. The maximum absolute atomic E-state index is 12.9. The summed E-state index contributed by atoms with van der Waals surface area (Å²) in [5.74, 6) is 0.424. The van der Waals surface area contributed by atoms with E-state index in [1.165, 1.54) is 0 Å². The summed E-state index contributed by atoms with van der Waals surface area (Å²) in [6.07, 6.45) is 2.19. The van der Waals surface area contributed by atoms with Crippen molar-refractivity contribution in [1.29, 1.82) is 0 Å². The standard InChI is InChI=1S/C18H24N4O3/c1-4-25-15-8-6-5-7-14(15)17(23)21-10-9-18(24,12-21)16-11-22(13(2)3)20-19-16/h5-8,11,13,24H,4,9-10,12H2,1-3H3/t18-/m0/s1. The highest BCUT2D eigenvalue weighted by Gasteiger charge is 2.42. The van der Waals surface area contributed by atoms with Crippen molar-refractivity contribution >= 4 is 5.91 Å². The third-order valence-corrected chi connectivity index (χ3v) is 4.47. The first-order valence-electron chi connectivity index (χ1n) is 8.60. The lowest BCUT2D eigenvalue weighted by Gasteiger charge is -2.22. The van der Waals surface area contributed by atoms with E-state index in [4.69, 9.17) is 4.74 Å². The van der Waals surface area contributed by atoms with Gasteiger partial charge in [0.1, 0.15) is 17.0 Å². The summed E-state index contributed by atoms with van der Waals surface area (Å²) in [6.45, 7) is 7.03. The fourth-order valence-corrected chi connectivity index (χ4v) is 3.01. The number of amides is 1. The predicted molar refractivity (Wildman–Crippen MR) is 92.4 cm³/mol. The van der Waals surface area contributed by atoms with E-state index in [0.717, 1.165) is 0 Å². The summed E-state index contributed by atoms with van der Waals surface area (Å²) >= 11 is 0. The molecule has 3 rings (SSSR count). The fourth-order valence-electron chi connectivity index (χ4n) is 3.01. The number of carbonyl (C=O) groups is 1. The van der Waals surface area contributed by atoms with Gasteiger partial charge in [0.25, 0.3) is 5.91 Å². The van der Waals surface area contributed by atoms with Gasteiger partial charge in [0, 0.05) is 19.0 Å². The van der Waals surface area contributed by atoms with Gasteiger partial charge in [0.2, 0.25) is 0 Å². The summed E-state index contributed by atoms with van der Waals surface area (Å²) in [7, 11) is 0. The normalized spacial score (nSPS) is 20.3. The van der Waals surface area contributed by atoms with E-state index in [1.807, 2.05) is 32.9 Å². The van der Waals surface area contributed by atoms with E-state index >= 15 is 0 Å². The number of hydrogen-bond donors (Lipinski definition) is 1. The number of benzene rings is 1. The third kappa shape index (κ3) is 3.37. The summed E-state index contributed by atoms with van der Waals surface area (Å²) in [5.41, 5.74) is -0.141. The molecule has 0 spiro atoms. The van der Waals surface area contributed by atoms with Gasteiger partial charge in [-0.05, 0) is 32.9 Å². The second kappa shape index (κ2) is 6.84. The zero-order valence-electron chi connectivity index (χ0n) is 14.8. The van der Waals surface area contributed by atoms with E-state index < -0.39 is 5.60 Å². The van der Waals surface area contributed by atoms with Crippen LogP contribution in [0.5, 0.6) is 5.75 Å². The summed E-state index contributed by atoms with van der Waals surface area (Å²) in [5, 5.41) is 19.1. The van der Waals surface area contributed by atoms with Gasteiger partial charge in [-0.25, -0.2) is 4.68 Å². The number of β-amino-alcohol motifs (C(OH)–C–C–N with tert-alkyl or cyclic N) is 1. The molecule has 0 unspecified atom stereocenters. The molecule has 0 saturated carbocycles. The van der Waals surface area contributed by atoms with Crippen molar-refractivity contribution in [2.75, 3.05) is 19.7 Å². The third-order valence-electron chi connectivity index (χ3n) is 4.47. The van der Waals surface area contributed by atoms with E-state index in [2.05, 4.69) is 10.3 Å². The summed E-state index contributed by atoms with van der Waals surface area (Å²) in [6, 6.07) is 7.35. The number of aliphatic hydroxyl groups is 1. The number of para-hydroxylation sites is 1. The lowest BCUT2D eigenvalue weighted by atomic mass is 10.00. The molecule has 0 bridgehead atoms. The van der Waals surface area contributed by atoms with Gasteiger partial charge in [-0.1, -0.05) is 17.3 Å². The Labute approximate surface area is 147 Å². The molecule has 1 saturated heterocycles. The molecule has 25 heavy (non-hydrogen) atoms. The number of carbonyl (C=O) groups excluding carboxylic acids is 1. The van der Waals surface area contributed by atoms with Crippen molar-refractivity contribution in [2.24, 2.45) is 0 Å². The smallest absolute Gasteiger partial charge is 0.257 e. The molecule has 1 aromatic carbocycles. The maximum Gasteiger partial charge on any atom is 0.257 e. The van der Waals surface area contributed by atoms with Crippen LogP contribution in [-0.2, 0) is 5.60 Å². The first kappa shape index (κ1) is 17.4. The Morgan fingerprint density at radius 3 is 2.84 bits per heavy atom. The SMILES string of the molecule is CCOc1ccccc1C(=O)N1CC[C@@](O)(c2cn(C(C)C)nn2)C1. The topological polar surface area (TPSA) is 80.5 Å². The average Bonchev–Trinajstić information content (AvgIpc) is 3.23. The molecule has 134 valence electrons. The van der Waals surface area contributed by atoms with Crippen LogP contribution in [0.25, 0.3) is 0 Å². The molecule has 1 aromatic heterocycles. The van der Waals surface area contributed by atoms with Crippen LogP contribution in [0.2, 0.25) is 0 Å². The second-order valence-corrected chi connectivity index (χ2v) is 6.62. The van der Waals surface area contributed by atoms with Crippen molar-refractivity contribution < 1.29 is 14.6 Å². The number of hydrogen-bond acceptors (Lipinski definition) is 5. The molecule has 7 nitrogen and oxygen atoms in total. The zero-order chi connectivity index (χ0) is 18.0. The minimum atomic E-state index is -1.16. The van der Waals surface area contributed by atoms with Crippen LogP contribution in [0.3, 0.4) is 0 Å². The minimum Gasteiger partial charge on any atom is -0.493 e. The minimum absolute atomic E-state index is 0.142. The lowest BCUT2D eigenvalue weighted by molar-refractivity contribution is 0.0380. The highest BCUT2D eigenvalue weighted by atomic mass is 16.5. The van der Waals surface area contributed by atoms with E-state index in [1.54, 1.807) is 27.9 Å². The molecule has 1 amide bonds. The average molecular weight is 344 g/mol.